The van der Waals surface area contributed by atoms with Crippen molar-refractivity contribution in [2.45, 2.75) is 39.6 Å². The van der Waals surface area contributed by atoms with Crippen LogP contribution in [-0.4, -0.2) is 42.6 Å². The van der Waals surface area contributed by atoms with Gasteiger partial charge >= 0.3 is 5.97 Å². The second kappa shape index (κ2) is 10.2. The number of nitrogens with one attached hydrogen (secondary N) is 1. The van der Waals surface area contributed by atoms with Gasteiger partial charge in [-0.3, -0.25) is 4.79 Å². The smallest absolute Gasteiger partial charge is 0.325 e. The van der Waals surface area contributed by atoms with Gasteiger partial charge in [-0.15, -0.1) is 5.10 Å². The SMILES string of the molecule is [2H][C@](Cc1cc(Cl)c2ncnc(NCC(C)(C)C)c2c1)(c1cn(CC(=O)O)nn1)c1ccccc1Cl. The van der Waals surface area contributed by atoms with Crippen molar-refractivity contribution in [2.24, 2.45) is 5.41 Å². The summed E-state index contributed by atoms with van der Waals surface area (Å²) in [6.07, 6.45) is 3.08. The molecule has 0 aliphatic carbocycles. The van der Waals surface area contributed by atoms with Crippen molar-refractivity contribution in [3.05, 3.63) is 75.8 Å². The summed E-state index contributed by atoms with van der Waals surface area (Å²) in [7, 11) is 0. The molecule has 0 aliphatic rings. The van der Waals surface area contributed by atoms with Crippen LogP contribution in [0.2, 0.25) is 10.0 Å². The number of rotatable bonds is 8. The van der Waals surface area contributed by atoms with Gasteiger partial charge in [0.1, 0.15) is 18.7 Å². The first-order valence-electron chi connectivity index (χ1n) is 11.5. The van der Waals surface area contributed by atoms with Gasteiger partial charge in [-0.25, -0.2) is 14.6 Å². The molecule has 0 fully saturated rings. The van der Waals surface area contributed by atoms with Crippen molar-refractivity contribution in [3.63, 3.8) is 0 Å². The lowest BCUT2D eigenvalue weighted by Gasteiger charge is -2.20. The maximum Gasteiger partial charge on any atom is 0.325 e. The van der Waals surface area contributed by atoms with Crippen LogP contribution in [-0.2, 0) is 17.8 Å². The number of nitrogens with zero attached hydrogens (tertiary/aromatic N) is 5. The largest absolute Gasteiger partial charge is 0.480 e. The Morgan fingerprint density at radius 1 is 1.20 bits per heavy atom. The first-order valence-corrected chi connectivity index (χ1v) is 11.8. The van der Waals surface area contributed by atoms with Crippen LogP contribution in [0.3, 0.4) is 0 Å². The van der Waals surface area contributed by atoms with Gasteiger partial charge in [0.2, 0.25) is 0 Å². The molecule has 0 saturated heterocycles. The van der Waals surface area contributed by atoms with E-state index < -0.39 is 11.9 Å². The van der Waals surface area contributed by atoms with Crippen LogP contribution >= 0.6 is 23.2 Å². The van der Waals surface area contributed by atoms with E-state index in [1.165, 1.54) is 17.2 Å². The lowest BCUT2D eigenvalue weighted by Crippen LogP contribution is -2.19. The van der Waals surface area contributed by atoms with Crippen molar-refractivity contribution in [1.82, 2.24) is 25.0 Å². The van der Waals surface area contributed by atoms with Crippen molar-refractivity contribution in [2.75, 3.05) is 11.9 Å². The lowest BCUT2D eigenvalue weighted by molar-refractivity contribution is -0.137. The number of aliphatic carboxylic acids is 1. The number of halogens is 2. The zero-order chi connectivity index (χ0) is 26.1. The molecule has 10 heteroatoms. The van der Waals surface area contributed by atoms with Crippen LogP contribution in [0.15, 0.2) is 48.9 Å². The number of fused-ring (bicyclic) bond motifs is 1. The second-order valence-corrected chi connectivity index (χ2v) is 10.3. The van der Waals surface area contributed by atoms with Crippen molar-refractivity contribution >= 4 is 45.9 Å². The van der Waals surface area contributed by atoms with Crippen LogP contribution in [0.5, 0.6) is 0 Å². The van der Waals surface area contributed by atoms with Crippen molar-refractivity contribution in [1.29, 1.82) is 0 Å². The number of carboxylic acids is 1. The number of aromatic nitrogens is 5. The van der Waals surface area contributed by atoms with Gasteiger partial charge in [-0.1, -0.05) is 67.4 Å². The topological polar surface area (TPSA) is 106 Å². The van der Waals surface area contributed by atoms with Crippen molar-refractivity contribution in [3.8, 4) is 0 Å². The molecule has 4 aromatic rings. The zero-order valence-electron chi connectivity index (χ0n) is 20.6. The fourth-order valence-electron chi connectivity index (χ4n) is 3.66. The first kappa shape index (κ1) is 23.5. The minimum Gasteiger partial charge on any atom is -0.480 e. The average Bonchev–Trinajstić information content (AvgIpc) is 3.26. The molecule has 1 atom stereocenters. The summed E-state index contributed by atoms with van der Waals surface area (Å²) >= 11 is 13.2. The zero-order valence-corrected chi connectivity index (χ0v) is 21.1. The predicted octanol–water partition coefficient (Wildman–Crippen LogP) is 5.45. The normalized spacial score (nSPS) is 13.9. The Labute approximate surface area is 214 Å². The van der Waals surface area contributed by atoms with E-state index in [2.05, 4.69) is 46.4 Å². The Morgan fingerprint density at radius 3 is 2.69 bits per heavy atom. The molecule has 0 unspecified atom stereocenters. The summed E-state index contributed by atoms with van der Waals surface area (Å²) < 4.78 is 10.7. The maximum atomic E-state index is 11.2. The Morgan fingerprint density at radius 2 is 1.97 bits per heavy atom. The van der Waals surface area contributed by atoms with Gasteiger partial charge in [0.25, 0.3) is 0 Å². The van der Waals surface area contributed by atoms with E-state index in [1.54, 1.807) is 30.3 Å². The fraction of sp³-hybridized carbons (Fsp3) is 0.320. The molecule has 4 rings (SSSR count). The summed E-state index contributed by atoms with van der Waals surface area (Å²) in [4.78, 5) is 19.9. The molecule has 35 heavy (non-hydrogen) atoms. The van der Waals surface area contributed by atoms with Crippen LogP contribution < -0.4 is 5.32 Å². The molecule has 0 radical (unpaired) electrons. The molecule has 8 nitrogen and oxygen atoms in total. The molecule has 2 aromatic heterocycles. The van der Waals surface area contributed by atoms with Crippen LogP contribution in [0.1, 0.15) is 44.9 Å². The highest BCUT2D eigenvalue weighted by Gasteiger charge is 2.23. The van der Waals surface area contributed by atoms with Crippen LogP contribution in [0.25, 0.3) is 10.9 Å². The molecule has 0 aliphatic heterocycles. The highest BCUT2D eigenvalue weighted by Crippen LogP contribution is 2.35. The Kier molecular flexibility index (Phi) is 6.83. The van der Waals surface area contributed by atoms with E-state index in [-0.39, 0.29) is 24.1 Å². The Hall–Kier alpha value is -3.23. The monoisotopic (exact) mass is 513 g/mol. The van der Waals surface area contributed by atoms with Gasteiger partial charge in [0.15, 0.2) is 0 Å². The minimum atomic E-state index is -1.47. The highest BCUT2D eigenvalue weighted by atomic mass is 35.5. The molecule has 2 N–H and O–H groups in total. The van der Waals surface area contributed by atoms with E-state index in [0.717, 1.165) is 10.9 Å². The molecule has 0 amide bonds. The molecule has 2 aromatic carbocycles. The number of carbonyl (C=O) groups is 1. The molecular weight excluding hydrogens is 487 g/mol. The third-order valence-corrected chi connectivity index (χ3v) is 5.88. The van der Waals surface area contributed by atoms with Gasteiger partial charge in [0, 0.05) is 30.4 Å². The second-order valence-electron chi connectivity index (χ2n) is 9.44. The maximum absolute atomic E-state index is 11.2. The number of benzene rings is 2. The van der Waals surface area contributed by atoms with E-state index in [4.69, 9.17) is 28.3 Å². The van der Waals surface area contributed by atoms with Gasteiger partial charge in [0.05, 0.1) is 16.2 Å². The Bertz CT molecular complexity index is 1420. The number of carboxylic acid groups (broad SMARTS) is 1. The number of hydrogen-bond acceptors (Lipinski definition) is 6. The first-order chi connectivity index (χ1) is 17.0. The quantitative estimate of drug-likeness (QED) is 0.322. The van der Waals surface area contributed by atoms with Gasteiger partial charge in [-0.05, 0) is 41.2 Å². The molecule has 0 bridgehead atoms. The fourth-order valence-corrected chi connectivity index (χ4v) is 4.20. The van der Waals surface area contributed by atoms with Gasteiger partial charge < -0.3 is 10.4 Å². The van der Waals surface area contributed by atoms with Crippen molar-refractivity contribution < 1.29 is 11.3 Å². The summed E-state index contributed by atoms with van der Waals surface area (Å²) in [5, 5.41) is 22.1. The highest BCUT2D eigenvalue weighted by molar-refractivity contribution is 6.35. The standard InChI is InChI=1S/C25H26Cl2N6O2/c1-25(2,3)13-28-24-18-9-15(10-20(27)23(18)29-14-30-24)8-17(16-6-4-5-7-19(16)26)21-11-33(32-31-21)12-22(34)35/h4-7,9-11,14,17H,8,12-13H2,1-3H3,(H,34,35)(H,28,29,30)/t17-/m1/s1/i17D. The van der Waals surface area contributed by atoms with Gasteiger partial charge in [-0.2, -0.15) is 0 Å². The average molecular weight is 514 g/mol. The van der Waals surface area contributed by atoms with E-state index in [9.17, 15) is 6.17 Å². The number of hydrogen-bond donors (Lipinski definition) is 2. The van der Waals surface area contributed by atoms with E-state index >= 15 is 0 Å². The summed E-state index contributed by atoms with van der Waals surface area (Å²) in [6, 6.07) is 10.7. The molecule has 0 saturated carbocycles. The van der Waals surface area contributed by atoms with E-state index in [1.807, 2.05) is 6.07 Å². The molecule has 182 valence electrons. The lowest BCUT2D eigenvalue weighted by atomic mass is 9.89. The Balaban J connectivity index is 1.81. The number of anilines is 1. The minimum absolute atomic E-state index is 0.0286. The molecule has 2 heterocycles. The molecule has 0 spiro atoms. The summed E-state index contributed by atoms with van der Waals surface area (Å²) in [5.74, 6) is -1.88. The predicted molar refractivity (Wildman–Crippen MR) is 137 cm³/mol. The van der Waals surface area contributed by atoms with E-state index in [0.29, 0.717) is 33.5 Å². The van der Waals surface area contributed by atoms with Crippen LogP contribution in [0.4, 0.5) is 5.82 Å². The summed E-state index contributed by atoms with van der Waals surface area (Å²) in [5.41, 5.74) is 2.15. The third kappa shape index (κ3) is 6.07. The summed E-state index contributed by atoms with van der Waals surface area (Å²) in [6.45, 7) is 6.69. The van der Waals surface area contributed by atoms with Crippen LogP contribution in [0, 0.1) is 5.41 Å². The third-order valence-electron chi connectivity index (χ3n) is 5.26. The molecular formula is C25H26Cl2N6O2.